The zero-order chi connectivity index (χ0) is 11.3. The van der Waals surface area contributed by atoms with E-state index >= 15 is 0 Å². The number of ether oxygens (including phenoxy) is 1. The minimum absolute atomic E-state index is 0.281. The van der Waals surface area contributed by atoms with Gasteiger partial charge in [0.05, 0.1) is 0 Å². The van der Waals surface area contributed by atoms with E-state index in [9.17, 15) is 4.79 Å². The molecule has 1 rings (SSSR count). The number of benzene rings is 1. The standard InChI is InChI=1S/C12H14O3/c1-9-5-3-4-6-11(9)15-8-7-10(2)12(13)14/h3-7H,8H2,1-2H3,(H,13,14). The summed E-state index contributed by atoms with van der Waals surface area (Å²) in [6, 6.07) is 7.62. The van der Waals surface area contributed by atoms with Crippen molar-refractivity contribution in [3.8, 4) is 5.75 Å². The predicted molar refractivity (Wildman–Crippen MR) is 58.1 cm³/mol. The van der Waals surface area contributed by atoms with E-state index in [0.29, 0.717) is 5.57 Å². The van der Waals surface area contributed by atoms with E-state index in [4.69, 9.17) is 9.84 Å². The molecular formula is C12H14O3. The Morgan fingerprint density at radius 1 is 1.47 bits per heavy atom. The summed E-state index contributed by atoms with van der Waals surface area (Å²) in [6.07, 6.45) is 1.55. The van der Waals surface area contributed by atoms with Crippen molar-refractivity contribution in [1.29, 1.82) is 0 Å². The molecule has 0 bridgehead atoms. The summed E-state index contributed by atoms with van der Waals surface area (Å²) < 4.78 is 5.42. The molecule has 0 heterocycles. The maximum atomic E-state index is 10.5. The lowest BCUT2D eigenvalue weighted by molar-refractivity contribution is -0.132. The monoisotopic (exact) mass is 206 g/mol. The normalized spacial score (nSPS) is 11.2. The van der Waals surface area contributed by atoms with Crippen LogP contribution in [0.4, 0.5) is 0 Å². The third-order valence-corrected chi connectivity index (χ3v) is 2.06. The van der Waals surface area contributed by atoms with Gasteiger partial charge in [-0.25, -0.2) is 4.79 Å². The van der Waals surface area contributed by atoms with Crippen LogP contribution in [0.2, 0.25) is 0 Å². The quantitative estimate of drug-likeness (QED) is 0.769. The minimum atomic E-state index is -0.914. The zero-order valence-corrected chi connectivity index (χ0v) is 8.86. The van der Waals surface area contributed by atoms with Crippen molar-refractivity contribution >= 4 is 5.97 Å². The second-order valence-electron chi connectivity index (χ2n) is 3.27. The molecule has 1 aromatic carbocycles. The fraction of sp³-hybridized carbons (Fsp3) is 0.250. The van der Waals surface area contributed by atoms with Crippen LogP contribution in [-0.4, -0.2) is 17.7 Å². The van der Waals surface area contributed by atoms with Gasteiger partial charge in [-0.05, 0) is 31.6 Å². The highest BCUT2D eigenvalue weighted by atomic mass is 16.5. The molecule has 3 nitrogen and oxygen atoms in total. The molecule has 0 radical (unpaired) electrons. The van der Waals surface area contributed by atoms with Gasteiger partial charge in [-0.1, -0.05) is 18.2 Å². The number of aryl methyl sites for hydroxylation is 1. The number of carboxylic acids is 1. The van der Waals surface area contributed by atoms with Gasteiger partial charge < -0.3 is 9.84 Å². The Bertz CT molecular complexity index is 380. The van der Waals surface area contributed by atoms with Gasteiger partial charge in [-0.2, -0.15) is 0 Å². The molecule has 0 aliphatic heterocycles. The van der Waals surface area contributed by atoms with Crippen LogP contribution in [0.3, 0.4) is 0 Å². The number of carboxylic acid groups (broad SMARTS) is 1. The summed E-state index contributed by atoms with van der Waals surface area (Å²) in [5.41, 5.74) is 1.34. The van der Waals surface area contributed by atoms with Crippen LogP contribution in [-0.2, 0) is 4.79 Å². The summed E-state index contributed by atoms with van der Waals surface area (Å²) in [6.45, 7) is 3.77. The summed E-state index contributed by atoms with van der Waals surface area (Å²) in [7, 11) is 0. The molecule has 15 heavy (non-hydrogen) atoms. The van der Waals surface area contributed by atoms with Crippen LogP contribution >= 0.6 is 0 Å². The minimum Gasteiger partial charge on any atom is -0.489 e. The van der Waals surface area contributed by atoms with E-state index in [1.807, 2.05) is 31.2 Å². The molecule has 0 spiro atoms. The van der Waals surface area contributed by atoms with Gasteiger partial charge in [0.2, 0.25) is 0 Å². The number of para-hydroxylation sites is 1. The third-order valence-electron chi connectivity index (χ3n) is 2.06. The van der Waals surface area contributed by atoms with Crippen molar-refractivity contribution in [1.82, 2.24) is 0 Å². The highest BCUT2D eigenvalue weighted by Gasteiger charge is 1.99. The maximum absolute atomic E-state index is 10.5. The van der Waals surface area contributed by atoms with Crippen molar-refractivity contribution in [3.05, 3.63) is 41.5 Å². The Morgan fingerprint density at radius 3 is 2.73 bits per heavy atom. The largest absolute Gasteiger partial charge is 0.489 e. The summed E-state index contributed by atoms with van der Waals surface area (Å²) in [5, 5.41) is 8.61. The molecule has 0 fully saturated rings. The highest BCUT2D eigenvalue weighted by Crippen LogP contribution is 2.15. The molecule has 0 aliphatic carbocycles. The Morgan fingerprint density at radius 2 is 2.13 bits per heavy atom. The summed E-state index contributed by atoms with van der Waals surface area (Å²) >= 11 is 0. The number of carbonyl (C=O) groups is 1. The average molecular weight is 206 g/mol. The molecule has 1 aromatic rings. The molecule has 0 unspecified atom stereocenters. The SMILES string of the molecule is CC(=CCOc1ccccc1C)C(=O)O. The van der Waals surface area contributed by atoms with E-state index in [2.05, 4.69) is 0 Å². The van der Waals surface area contributed by atoms with E-state index in [1.165, 1.54) is 0 Å². The second-order valence-corrected chi connectivity index (χ2v) is 3.27. The first-order valence-corrected chi connectivity index (χ1v) is 4.69. The van der Waals surface area contributed by atoms with Crippen LogP contribution < -0.4 is 4.74 Å². The number of aliphatic carboxylic acids is 1. The smallest absolute Gasteiger partial charge is 0.331 e. The topological polar surface area (TPSA) is 46.5 Å². The number of hydrogen-bond acceptors (Lipinski definition) is 2. The van der Waals surface area contributed by atoms with E-state index in [0.717, 1.165) is 11.3 Å². The molecule has 80 valence electrons. The molecule has 0 amide bonds. The van der Waals surface area contributed by atoms with Gasteiger partial charge in [0.25, 0.3) is 0 Å². The zero-order valence-electron chi connectivity index (χ0n) is 8.86. The van der Waals surface area contributed by atoms with Gasteiger partial charge in [-0.3, -0.25) is 0 Å². The fourth-order valence-corrected chi connectivity index (χ4v) is 1.06. The van der Waals surface area contributed by atoms with Crippen molar-refractivity contribution < 1.29 is 14.6 Å². The fourth-order valence-electron chi connectivity index (χ4n) is 1.06. The van der Waals surface area contributed by atoms with Gasteiger partial charge in [-0.15, -0.1) is 0 Å². The first kappa shape index (κ1) is 11.3. The molecule has 1 N–H and O–H groups in total. The lowest BCUT2D eigenvalue weighted by Crippen LogP contribution is -2.01. The molecule has 0 atom stereocenters. The molecule has 3 heteroatoms. The van der Waals surface area contributed by atoms with Gasteiger partial charge in [0, 0.05) is 5.57 Å². The molecule has 0 saturated carbocycles. The van der Waals surface area contributed by atoms with Crippen LogP contribution in [0.5, 0.6) is 5.75 Å². The second kappa shape index (κ2) is 5.20. The lowest BCUT2D eigenvalue weighted by Gasteiger charge is -2.06. The predicted octanol–water partition coefficient (Wildman–Crippen LogP) is 2.40. The van der Waals surface area contributed by atoms with Crippen LogP contribution in [0.25, 0.3) is 0 Å². The van der Waals surface area contributed by atoms with Gasteiger partial charge in [0.15, 0.2) is 0 Å². The van der Waals surface area contributed by atoms with Crippen molar-refractivity contribution in [3.63, 3.8) is 0 Å². The van der Waals surface area contributed by atoms with Crippen LogP contribution in [0.15, 0.2) is 35.9 Å². The first-order chi connectivity index (χ1) is 7.11. The third kappa shape index (κ3) is 3.46. The molecule has 0 aliphatic rings. The van der Waals surface area contributed by atoms with Crippen molar-refractivity contribution in [2.75, 3.05) is 6.61 Å². The Kier molecular flexibility index (Phi) is 3.92. The molecular weight excluding hydrogens is 192 g/mol. The molecule has 0 aromatic heterocycles. The van der Waals surface area contributed by atoms with Crippen molar-refractivity contribution in [2.24, 2.45) is 0 Å². The van der Waals surface area contributed by atoms with E-state index < -0.39 is 5.97 Å². The van der Waals surface area contributed by atoms with Gasteiger partial charge in [0.1, 0.15) is 12.4 Å². The molecule has 0 saturated heterocycles. The Hall–Kier alpha value is -1.77. The highest BCUT2D eigenvalue weighted by molar-refractivity contribution is 5.85. The van der Waals surface area contributed by atoms with E-state index in [-0.39, 0.29) is 6.61 Å². The van der Waals surface area contributed by atoms with Crippen molar-refractivity contribution in [2.45, 2.75) is 13.8 Å². The van der Waals surface area contributed by atoms with Crippen LogP contribution in [0, 0.1) is 6.92 Å². The van der Waals surface area contributed by atoms with Crippen LogP contribution in [0.1, 0.15) is 12.5 Å². The Labute approximate surface area is 89.0 Å². The average Bonchev–Trinajstić information content (AvgIpc) is 2.20. The number of hydrogen-bond donors (Lipinski definition) is 1. The Balaban J connectivity index is 2.55. The summed E-state index contributed by atoms with van der Waals surface area (Å²) in [4.78, 5) is 10.5. The summed E-state index contributed by atoms with van der Waals surface area (Å²) in [5.74, 6) is -0.129. The van der Waals surface area contributed by atoms with Gasteiger partial charge >= 0.3 is 5.97 Å². The lowest BCUT2D eigenvalue weighted by atomic mass is 10.2. The maximum Gasteiger partial charge on any atom is 0.331 e. The van der Waals surface area contributed by atoms with E-state index in [1.54, 1.807) is 13.0 Å². The number of rotatable bonds is 4. The first-order valence-electron chi connectivity index (χ1n) is 4.69.